The molecule has 0 N–H and O–H groups in total. The van der Waals surface area contributed by atoms with E-state index in [-0.39, 0.29) is 31.7 Å². The van der Waals surface area contributed by atoms with E-state index in [0.29, 0.717) is 54.4 Å². The van der Waals surface area contributed by atoms with Gasteiger partial charge in [0.15, 0.2) is 0 Å². The maximum atomic E-state index is 13.6. The Balaban J connectivity index is 1.18. The molecule has 1 aliphatic heterocycles. The van der Waals surface area contributed by atoms with Crippen molar-refractivity contribution in [2.45, 2.75) is 83.0 Å². The minimum atomic E-state index is -0.937. The van der Waals surface area contributed by atoms with Crippen LogP contribution < -0.4 is 0 Å². The lowest BCUT2D eigenvalue weighted by molar-refractivity contribution is -0.271. The molecule has 0 radical (unpaired) electrons. The molecule has 0 amide bonds. The highest BCUT2D eigenvalue weighted by Gasteiger charge is 2.70. The summed E-state index contributed by atoms with van der Waals surface area (Å²) in [6.45, 7) is 6.72. The van der Waals surface area contributed by atoms with Crippen LogP contribution in [0.15, 0.2) is 121 Å². The van der Waals surface area contributed by atoms with E-state index in [0.717, 1.165) is 12.8 Å². The summed E-state index contributed by atoms with van der Waals surface area (Å²) in [7, 11) is 0. The van der Waals surface area contributed by atoms with Crippen LogP contribution in [-0.2, 0) is 23.7 Å². The van der Waals surface area contributed by atoms with Crippen molar-refractivity contribution in [2.75, 3.05) is 19.8 Å². The lowest BCUT2D eigenvalue weighted by Gasteiger charge is -2.65. The molecule has 0 aromatic heterocycles. The molecule has 1 saturated heterocycles. The van der Waals surface area contributed by atoms with E-state index in [9.17, 15) is 19.2 Å². The van der Waals surface area contributed by atoms with Crippen LogP contribution in [0.25, 0.3) is 0 Å². The Hall–Kier alpha value is -5.28. The van der Waals surface area contributed by atoms with Crippen molar-refractivity contribution in [3.8, 4) is 0 Å². The van der Waals surface area contributed by atoms with Crippen LogP contribution in [0.3, 0.4) is 0 Å². The molecule has 3 aliphatic rings. The quantitative estimate of drug-likeness (QED) is 0.103. The molecule has 4 aromatic rings. The maximum absolute atomic E-state index is 13.6. The Morgan fingerprint density at radius 1 is 0.579 bits per heavy atom. The molecule has 3 fully saturated rings. The minimum Gasteiger partial charge on any atom is -0.462 e. The summed E-state index contributed by atoms with van der Waals surface area (Å²) in [5, 5.41) is 0. The van der Waals surface area contributed by atoms with E-state index in [1.54, 1.807) is 84.9 Å². The van der Waals surface area contributed by atoms with Crippen molar-refractivity contribution in [3.05, 3.63) is 144 Å². The molecule has 1 spiro atoms. The number of ether oxygens (including phenoxy) is 5. The van der Waals surface area contributed by atoms with Gasteiger partial charge in [-0.2, -0.15) is 0 Å². The SMILES string of the molecule is C[C@@H]1CC[C@H]2[C@](C)(COC(=O)c3ccccc3)[C@@H](OC(=O)c3ccccc3)CC[C@]2(C)[C@@]12CC[C@](CCOC(=O)c1ccccc1)(COC(=O)c1ccccc1)O2. The van der Waals surface area contributed by atoms with Gasteiger partial charge >= 0.3 is 23.9 Å². The molecular formula is C48H52O9. The van der Waals surface area contributed by atoms with Gasteiger partial charge in [0.1, 0.15) is 24.9 Å². The first-order valence-corrected chi connectivity index (χ1v) is 20.1. The second-order valence-electron chi connectivity index (χ2n) is 16.6. The molecule has 4 aromatic carbocycles. The molecular weight excluding hydrogens is 721 g/mol. The molecule has 57 heavy (non-hydrogen) atoms. The van der Waals surface area contributed by atoms with E-state index in [4.69, 9.17) is 23.7 Å². The standard InChI is InChI=1S/C48H52O9/c1-34-24-25-39-45(2,32-54-42(50)36-18-10-5-11-19-36)40(56-44(52)38-22-14-7-15-23-38)26-27-46(39,3)48(34)29-28-47(57-48,33-55-43(51)37-20-12-6-13-21-37)30-31-53-41(49)35-16-8-4-9-17-35/h4-23,34,39-40H,24-33H2,1-3H3/t34-,39+,40+,45+,46+,47+,48-/m1/s1. The second-order valence-corrected chi connectivity index (χ2v) is 16.6. The number of carbonyl (C=O) groups is 4. The lowest BCUT2D eigenvalue weighted by Crippen LogP contribution is -2.67. The van der Waals surface area contributed by atoms with E-state index in [1.165, 1.54) is 0 Å². The van der Waals surface area contributed by atoms with Gasteiger partial charge in [-0.05, 0) is 98.9 Å². The third-order valence-corrected chi connectivity index (χ3v) is 13.3. The van der Waals surface area contributed by atoms with Crippen LogP contribution in [0.2, 0.25) is 0 Å². The summed E-state index contributed by atoms with van der Waals surface area (Å²) in [6.07, 6.45) is 3.92. The van der Waals surface area contributed by atoms with E-state index < -0.39 is 52.0 Å². The highest BCUT2D eigenvalue weighted by molar-refractivity contribution is 5.91. The Bertz CT molecular complexity index is 2020. The highest BCUT2D eigenvalue weighted by Crippen LogP contribution is 2.68. The third kappa shape index (κ3) is 7.99. The van der Waals surface area contributed by atoms with Crippen molar-refractivity contribution in [3.63, 3.8) is 0 Å². The van der Waals surface area contributed by atoms with Gasteiger partial charge in [0.25, 0.3) is 0 Å². The van der Waals surface area contributed by atoms with Crippen LogP contribution >= 0.6 is 0 Å². The van der Waals surface area contributed by atoms with Crippen molar-refractivity contribution < 1.29 is 42.9 Å². The largest absolute Gasteiger partial charge is 0.462 e. The van der Waals surface area contributed by atoms with Gasteiger partial charge in [0.2, 0.25) is 0 Å². The first-order chi connectivity index (χ1) is 27.5. The maximum Gasteiger partial charge on any atom is 0.338 e. The van der Waals surface area contributed by atoms with Crippen LogP contribution in [0.5, 0.6) is 0 Å². The van der Waals surface area contributed by atoms with Gasteiger partial charge in [-0.15, -0.1) is 0 Å². The summed E-state index contributed by atoms with van der Waals surface area (Å²) in [5.41, 5.74) is -1.02. The lowest BCUT2D eigenvalue weighted by atomic mass is 9.43. The number of fused-ring (bicyclic) bond motifs is 2. The summed E-state index contributed by atoms with van der Waals surface area (Å²) >= 11 is 0. The normalized spacial score (nSPS) is 29.1. The fraction of sp³-hybridized carbons (Fsp3) is 0.417. The minimum absolute atomic E-state index is 0.0118. The average Bonchev–Trinajstić information content (AvgIpc) is 3.64. The van der Waals surface area contributed by atoms with Crippen LogP contribution in [-0.4, -0.2) is 61.0 Å². The van der Waals surface area contributed by atoms with Crippen LogP contribution in [0.4, 0.5) is 0 Å². The molecule has 298 valence electrons. The molecule has 1 heterocycles. The van der Waals surface area contributed by atoms with Crippen molar-refractivity contribution >= 4 is 23.9 Å². The molecule has 9 heteroatoms. The van der Waals surface area contributed by atoms with Crippen molar-refractivity contribution in [2.24, 2.45) is 22.7 Å². The highest BCUT2D eigenvalue weighted by atomic mass is 16.6. The third-order valence-electron chi connectivity index (χ3n) is 13.3. The topological polar surface area (TPSA) is 114 Å². The van der Waals surface area contributed by atoms with E-state index in [2.05, 4.69) is 20.8 Å². The summed E-state index contributed by atoms with van der Waals surface area (Å²) in [4.78, 5) is 53.4. The fourth-order valence-electron chi connectivity index (χ4n) is 10.1. The first kappa shape index (κ1) is 39.9. The first-order valence-electron chi connectivity index (χ1n) is 20.1. The molecule has 0 unspecified atom stereocenters. The Kier molecular flexibility index (Phi) is 11.7. The van der Waals surface area contributed by atoms with Crippen molar-refractivity contribution in [1.29, 1.82) is 0 Å². The average molecular weight is 773 g/mol. The zero-order valence-corrected chi connectivity index (χ0v) is 33.0. The number of esters is 4. The van der Waals surface area contributed by atoms with Gasteiger partial charge < -0.3 is 23.7 Å². The number of hydrogen-bond donors (Lipinski definition) is 0. The van der Waals surface area contributed by atoms with Crippen LogP contribution in [0, 0.1) is 22.7 Å². The number of benzene rings is 4. The number of carbonyl (C=O) groups excluding carboxylic acids is 4. The van der Waals surface area contributed by atoms with Gasteiger partial charge in [-0.25, -0.2) is 19.2 Å². The zero-order valence-electron chi connectivity index (χ0n) is 33.0. The summed E-state index contributed by atoms with van der Waals surface area (Å²) in [6, 6.07) is 35.6. The van der Waals surface area contributed by atoms with E-state index in [1.807, 2.05) is 36.4 Å². The summed E-state index contributed by atoms with van der Waals surface area (Å²) < 4.78 is 31.9. The molecule has 7 atom stereocenters. The molecule has 0 bridgehead atoms. The second kappa shape index (κ2) is 16.7. The zero-order chi connectivity index (χ0) is 40.1. The smallest absolute Gasteiger partial charge is 0.338 e. The predicted octanol–water partition coefficient (Wildman–Crippen LogP) is 9.31. The molecule has 7 rings (SSSR count). The molecule has 2 saturated carbocycles. The Morgan fingerprint density at radius 3 is 1.58 bits per heavy atom. The predicted molar refractivity (Wildman–Crippen MR) is 214 cm³/mol. The molecule has 9 nitrogen and oxygen atoms in total. The summed E-state index contributed by atoms with van der Waals surface area (Å²) in [5.74, 6) is -1.68. The van der Waals surface area contributed by atoms with E-state index >= 15 is 0 Å². The van der Waals surface area contributed by atoms with Gasteiger partial charge in [0, 0.05) is 17.3 Å². The fourth-order valence-corrected chi connectivity index (χ4v) is 10.1. The van der Waals surface area contributed by atoms with Gasteiger partial charge in [0.05, 0.1) is 34.5 Å². The van der Waals surface area contributed by atoms with Gasteiger partial charge in [-0.3, -0.25) is 0 Å². The Morgan fingerprint density at radius 2 is 1.05 bits per heavy atom. The van der Waals surface area contributed by atoms with Crippen LogP contribution in [0.1, 0.15) is 107 Å². The van der Waals surface area contributed by atoms with Gasteiger partial charge in [-0.1, -0.05) is 93.6 Å². The number of hydrogen-bond acceptors (Lipinski definition) is 9. The monoisotopic (exact) mass is 772 g/mol. The Labute approximate surface area is 335 Å². The molecule has 2 aliphatic carbocycles. The number of rotatable bonds is 12. The van der Waals surface area contributed by atoms with Crippen molar-refractivity contribution in [1.82, 2.24) is 0 Å².